The number of halogens is 3. The van der Waals surface area contributed by atoms with Crippen LogP contribution in [0.4, 0.5) is 13.2 Å². The number of carbonyl (C=O) groups is 5. The van der Waals surface area contributed by atoms with Gasteiger partial charge in [0.25, 0.3) is 11.8 Å². The Kier molecular flexibility index (Phi) is 11.9. The maximum Gasteiger partial charge on any atom is 0.251 e. The van der Waals surface area contributed by atoms with Crippen LogP contribution in [0.15, 0.2) is 24.3 Å². The normalized spacial score (nSPS) is 21.9. The number of rotatable bonds is 8. The minimum atomic E-state index is -2.84. The number of amides is 5. The predicted molar refractivity (Wildman–Crippen MR) is 176 cm³/mol. The molecule has 1 atom stereocenters. The monoisotopic (exact) mass is 704 g/mol. The van der Waals surface area contributed by atoms with Crippen LogP contribution in [0.25, 0.3) is 0 Å². The molecule has 0 aliphatic carbocycles. The van der Waals surface area contributed by atoms with Crippen molar-refractivity contribution in [1.29, 1.82) is 0 Å². The number of nitrogens with zero attached hydrogens (tertiary/aromatic N) is 4. The maximum atomic E-state index is 13.8. The van der Waals surface area contributed by atoms with Crippen LogP contribution in [0.2, 0.25) is 0 Å². The van der Waals surface area contributed by atoms with E-state index in [-0.39, 0.29) is 56.1 Å². The predicted octanol–water partition coefficient (Wildman–Crippen LogP) is 3.41. The van der Waals surface area contributed by atoms with E-state index in [4.69, 9.17) is 4.98 Å². The van der Waals surface area contributed by atoms with Gasteiger partial charge in [0.1, 0.15) is 18.9 Å². The highest BCUT2D eigenvalue weighted by molar-refractivity contribution is 7.11. The molecule has 2 saturated heterocycles. The van der Waals surface area contributed by atoms with E-state index in [1.807, 2.05) is 6.92 Å². The first kappa shape index (κ1) is 36.3. The van der Waals surface area contributed by atoms with Gasteiger partial charge >= 0.3 is 0 Å². The molecule has 0 radical (unpaired) electrons. The lowest BCUT2D eigenvalue weighted by atomic mass is 9.97. The molecule has 4 aliphatic heterocycles. The number of aromatic nitrogens is 1. The number of piperidine rings is 2. The van der Waals surface area contributed by atoms with Crippen molar-refractivity contribution in [2.24, 2.45) is 0 Å². The van der Waals surface area contributed by atoms with Crippen LogP contribution >= 0.6 is 11.3 Å². The first-order valence-corrected chi connectivity index (χ1v) is 17.7. The SMILES string of the molecule is Cc1sc2nc1CC(=O)N[C@@H](CCCCNC(=O)c1ccc(F)cc1)CC(=O)N(CC(=O)N1CCC(F)(F)CC1)CC(=O)N1CCC2CC1. The Morgan fingerprint density at radius 1 is 1.02 bits per heavy atom. The largest absolute Gasteiger partial charge is 0.353 e. The van der Waals surface area contributed by atoms with Crippen LogP contribution in [0.3, 0.4) is 0 Å². The van der Waals surface area contributed by atoms with Gasteiger partial charge < -0.3 is 25.3 Å². The van der Waals surface area contributed by atoms with E-state index in [0.29, 0.717) is 63.0 Å². The minimum absolute atomic E-state index is 0.0415. The van der Waals surface area contributed by atoms with E-state index < -0.39 is 49.0 Å². The van der Waals surface area contributed by atoms with Crippen molar-refractivity contribution in [3.8, 4) is 0 Å². The van der Waals surface area contributed by atoms with Crippen LogP contribution in [-0.2, 0) is 25.6 Å². The van der Waals surface area contributed by atoms with Crippen molar-refractivity contribution in [2.45, 2.75) is 82.6 Å². The van der Waals surface area contributed by atoms with Gasteiger partial charge in [-0.3, -0.25) is 24.0 Å². The molecule has 0 spiro atoms. The molecule has 0 saturated carbocycles. The molecule has 4 bridgehead atoms. The minimum Gasteiger partial charge on any atom is -0.353 e. The molecular formula is C34H43F3N6O5S. The van der Waals surface area contributed by atoms with Gasteiger partial charge in [-0.2, -0.15) is 0 Å². The number of aryl methyl sites for hydroxylation is 1. The summed E-state index contributed by atoms with van der Waals surface area (Å²) in [5.74, 6) is -5.11. The van der Waals surface area contributed by atoms with E-state index in [0.717, 1.165) is 9.88 Å². The Morgan fingerprint density at radius 3 is 2.41 bits per heavy atom. The first-order chi connectivity index (χ1) is 23.4. The molecule has 0 unspecified atom stereocenters. The number of fused-ring (bicyclic) bond motifs is 10. The first-order valence-electron chi connectivity index (χ1n) is 16.9. The van der Waals surface area contributed by atoms with Gasteiger partial charge in [0, 0.05) is 74.4 Å². The molecule has 5 amide bonds. The van der Waals surface area contributed by atoms with E-state index in [1.54, 1.807) is 16.2 Å². The number of alkyl halides is 2. The number of likely N-dealkylation sites (tertiary alicyclic amines) is 1. The fourth-order valence-corrected chi connectivity index (χ4v) is 7.53. The molecule has 1 aromatic carbocycles. The lowest BCUT2D eigenvalue weighted by molar-refractivity contribution is -0.148. The fraction of sp³-hybridized carbons (Fsp3) is 0.588. The third-order valence-electron chi connectivity index (χ3n) is 9.44. The van der Waals surface area contributed by atoms with Gasteiger partial charge in [-0.25, -0.2) is 18.2 Å². The third-order valence-corrected chi connectivity index (χ3v) is 10.6. The van der Waals surface area contributed by atoms with Gasteiger partial charge in [0.15, 0.2) is 0 Å². The standard InChI is InChI=1S/C34H43F3N6O5S/c1-22-27-19-28(44)39-26(4-2-3-13-38-32(48)23-5-7-25(35)8-6-23)18-29(45)43(21-31(47)42-16-11-34(36,37)12-17-42)20-30(46)41-14-9-24(10-15-41)33(40-27)49-22/h5-8,24,26H,2-4,9-21H2,1H3,(H,38,48)(H,39,44)/t26-/m0/s1. The number of benzene rings is 1. The summed E-state index contributed by atoms with van der Waals surface area (Å²) in [7, 11) is 0. The molecule has 49 heavy (non-hydrogen) atoms. The Hall–Kier alpha value is -4.01. The lowest BCUT2D eigenvalue weighted by Crippen LogP contribution is -2.52. The summed E-state index contributed by atoms with van der Waals surface area (Å²) in [5.41, 5.74) is 1.00. The van der Waals surface area contributed by atoms with Crippen molar-refractivity contribution in [3.63, 3.8) is 0 Å². The summed E-state index contributed by atoms with van der Waals surface area (Å²) in [5, 5.41) is 6.68. The summed E-state index contributed by atoms with van der Waals surface area (Å²) < 4.78 is 40.7. The molecule has 15 heteroatoms. The Morgan fingerprint density at radius 2 is 1.71 bits per heavy atom. The van der Waals surface area contributed by atoms with Crippen molar-refractivity contribution < 1.29 is 37.1 Å². The smallest absolute Gasteiger partial charge is 0.251 e. The number of hydrogen-bond acceptors (Lipinski definition) is 7. The third kappa shape index (κ3) is 10.0. The summed E-state index contributed by atoms with van der Waals surface area (Å²) in [6, 6.07) is 4.55. The van der Waals surface area contributed by atoms with Crippen LogP contribution in [0.1, 0.15) is 83.2 Å². The molecule has 6 rings (SSSR count). The van der Waals surface area contributed by atoms with E-state index in [2.05, 4.69) is 10.6 Å². The van der Waals surface area contributed by atoms with Crippen LogP contribution in [0.5, 0.6) is 0 Å². The Balaban J connectivity index is 1.28. The summed E-state index contributed by atoms with van der Waals surface area (Å²) in [4.78, 5) is 76.1. The highest BCUT2D eigenvalue weighted by atomic mass is 32.1. The number of unbranched alkanes of at least 4 members (excludes halogenated alkanes) is 1. The van der Waals surface area contributed by atoms with Crippen molar-refractivity contribution in [1.82, 2.24) is 30.3 Å². The second-order valence-electron chi connectivity index (χ2n) is 13.1. The molecule has 5 heterocycles. The topological polar surface area (TPSA) is 132 Å². The molecule has 1 aromatic heterocycles. The van der Waals surface area contributed by atoms with Crippen molar-refractivity contribution in [3.05, 3.63) is 51.2 Å². The van der Waals surface area contributed by atoms with E-state index >= 15 is 0 Å². The summed E-state index contributed by atoms with van der Waals surface area (Å²) >= 11 is 1.56. The molecule has 266 valence electrons. The average Bonchev–Trinajstić information content (AvgIpc) is 3.43. The molecule has 2 fully saturated rings. The second kappa shape index (κ2) is 16.1. The summed E-state index contributed by atoms with van der Waals surface area (Å²) in [6.45, 7) is 2.14. The Labute approximate surface area is 287 Å². The zero-order chi connectivity index (χ0) is 35.1. The van der Waals surface area contributed by atoms with Crippen molar-refractivity contribution >= 4 is 40.9 Å². The quantitative estimate of drug-likeness (QED) is 0.405. The van der Waals surface area contributed by atoms with Gasteiger partial charge in [0.2, 0.25) is 23.6 Å². The second-order valence-corrected chi connectivity index (χ2v) is 14.3. The number of nitrogens with one attached hydrogen (secondary N) is 2. The zero-order valence-electron chi connectivity index (χ0n) is 27.7. The highest BCUT2D eigenvalue weighted by Crippen LogP contribution is 2.33. The maximum absolute atomic E-state index is 13.8. The fourth-order valence-electron chi connectivity index (χ4n) is 6.42. The van der Waals surface area contributed by atoms with E-state index in [9.17, 15) is 37.1 Å². The Bertz CT molecular complexity index is 1520. The van der Waals surface area contributed by atoms with Crippen LogP contribution in [0, 0.1) is 12.7 Å². The van der Waals surface area contributed by atoms with Gasteiger partial charge in [-0.1, -0.05) is 0 Å². The molecule has 2 aromatic rings. The van der Waals surface area contributed by atoms with Crippen LogP contribution in [-0.4, -0.2) is 107 Å². The number of carbonyl (C=O) groups excluding carboxylic acids is 5. The van der Waals surface area contributed by atoms with Crippen molar-refractivity contribution in [2.75, 3.05) is 45.8 Å². The molecular weight excluding hydrogens is 661 g/mol. The molecule has 4 aliphatic rings. The summed E-state index contributed by atoms with van der Waals surface area (Å²) in [6.07, 6.45) is 1.73. The van der Waals surface area contributed by atoms with Crippen LogP contribution < -0.4 is 10.6 Å². The lowest BCUT2D eigenvalue weighted by Gasteiger charge is -2.35. The molecule has 11 nitrogen and oxygen atoms in total. The number of hydrogen-bond donors (Lipinski definition) is 2. The average molecular weight is 705 g/mol. The van der Waals surface area contributed by atoms with E-state index in [1.165, 1.54) is 34.1 Å². The molecule has 2 N–H and O–H groups in total. The number of thiazole rings is 1. The van der Waals surface area contributed by atoms with Gasteiger partial charge in [0.05, 0.1) is 17.1 Å². The highest BCUT2D eigenvalue weighted by Gasteiger charge is 2.37. The van der Waals surface area contributed by atoms with Gasteiger partial charge in [-0.15, -0.1) is 11.3 Å². The van der Waals surface area contributed by atoms with Gasteiger partial charge in [-0.05, 0) is 63.3 Å². The zero-order valence-corrected chi connectivity index (χ0v) is 28.5.